The molecule has 0 radical (unpaired) electrons. The summed E-state index contributed by atoms with van der Waals surface area (Å²) in [7, 11) is -1.02. The Kier molecular flexibility index (Phi) is 6.25. The first-order chi connectivity index (χ1) is 12.3. The standard InChI is InChI=1S/C17H22N2O6S/c1-24-16(20)11-13(17(21)25-2)18-12-6-7-15(26(3,22)23)14(10-12)19-8-4-5-9-19/h6-7,10-11,18H,4-5,8-9H2,1-3H3/b13-11+. The molecule has 1 aliphatic heterocycles. The van der Waals surface area contributed by atoms with E-state index in [9.17, 15) is 18.0 Å². The second kappa shape index (κ2) is 8.22. The van der Waals surface area contributed by atoms with Crippen molar-refractivity contribution in [1.82, 2.24) is 0 Å². The number of hydrogen-bond donors (Lipinski definition) is 1. The maximum atomic E-state index is 12.1. The van der Waals surface area contributed by atoms with Gasteiger partial charge in [-0.3, -0.25) is 0 Å². The number of carbonyl (C=O) groups excluding carboxylic acids is 2. The molecule has 0 spiro atoms. The molecule has 26 heavy (non-hydrogen) atoms. The molecule has 1 aliphatic rings. The van der Waals surface area contributed by atoms with Crippen molar-refractivity contribution in [2.24, 2.45) is 0 Å². The van der Waals surface area contributed by atoms with Gasteiger partial charge in [-0.1, -0.05) is 0 Å². The van der Waals surface area contributed by atoms with Gasteiger partial charge in [0.1, 0.15) is 5.70 Å². The highest BCUT2D eigenvalue weighted by Crippen LogP contribution is 2.31. The van der Waals surface area contributed by atoms with Crippen LogP contribution in [0.3, 0.4) is 0 Å². The van der Waals surface area contributed by atoms with E-state index in [1.54, 1.807) is 6.07 Å². The SMILES string of the molecule is COC(=O)/C=C(/Nc1ccc(S(C)(=O)=O)c(N2CCCC2)c1)C(=O)OC. The quantitative estimate of drug-likeness (QED) is 0.581. The molecule has 1 saturated heterocycles. The third-order valence-electron chi connectivity index (χ3n) is 3.95. The number of carbonyl (C=O) groups is 2. The fraction of sp³-hybridized carbons (Fsp3) is 0.412. The predicted octanol–water partition coefficient (Wildman–Crippen LogP) is 1.33. The summed E-state index contributed by atoms with van der Waals surface area (Å²) in [5.74, 6) is -1.46. The van der Waals surface area contributed by atoms with Gasteiger partial charge in [-0.15, -0.1) is 0 Å². The van der Waals surface area contributed by atoms with Crippen molar-refractivity contribution in [2.45, 2.75) is 17.7 Å². The number of ether oxygens (including phenoxy) is 2. The zero-order chi connectivity index (χ0) is 19.3. The second-order valence-electron chi connectivity index (χ2n) is 5.85. The summed E-state index contributed by atoms with van der Waals surface area (Å²) in [6.07, 6.45) is 4.10. The molecular formula is C17H22N2O6S. The fourth-order valence-electron chi connectivity index (χ4n) is 2.70. The Bertz CT molecular complexity index is 826. The van der Waals surface area contributed by atoms with Gasteiger partial charge >= 0.3 is 11.9 Å². The molecule has 0 aliphatic carbocycles. The van der Waals surface area contributed by atoms with E-state index < -0.39 is 21.8 Å². The van der Waals surface area contributed by atoms with E-state index in [1.165, 1.54) is 26.4 Å². The average molecular weight is 382 g/mol. The number of sulfone groups is 1. The summed E-state index contributed by atoms with van der Waals surface area (Å²) in [4.78, 5) is 25.5. The van der Waals surface area contributed by atoms with Gasteiger partial charge in [0, 0.05) is 25.0 Å². The Hall–Kier alpha value is -2.55. The van der Waals surface area contributed by atoms with Crippen LogP contribution >= 0.6 is 0 Å². The van der Waals surface area contributed by atoms with Crippen LogP contribution in [0, 0.1) is 0 Å². The van der Waals surface area contributed by atoms with E-state index in [-0.39, 0.29) is 10.6 Å². The van der Waals surface area contributed by atoms with Crippen LogP contribution in [-0.4, -0.2) is 53.9 Å². The van der Waals surface area contributed by atoms with E-state index in [0.29, 0.717) is 11.4 Å². The summed E-state index contributed by atoms with van der Waals surface area (Å²) in [5.41, 5.74) is 0.913. The zero-order valence-electron chi connectivity index (χ0n) is 14.9. The Morgan fingerprint density at radius 2 is 1.81 bits per heavy atom. The van der Waals surface area contributed by atoms with Gasteiger partial charge in [-0.2, -0.15) is 0 Å². The minimum absolute atomic E-state index is 0.112. The second-order valence-corrected chi connectivity index (χ2v) is 7.83. The molecule has 1 aromatic rings. The summed E-state index contributed by atoms with van der Waals surface area (Å²) in [6, 6.07) is 4.66. The van der Waals surface area contributed by atoms with Crippen LogP contribution in [-0.2, 0) is 28.9 Å². The molecule has 1 aromatic carbocycles. The van der Waals surface area contributed by atoms with E-state index in [2.05, 4.69) is 14.8 Å². The van der Waals surface area contributed by atoms with Crippen LogP contribution in [0.25, 0.3) is 0 Å². The molecule has 0 aromatic heterocycles. The highest BCUT2D eigenvalue weighted by atomic mass is 32.2. The molecule has 1 fully saturated rings. The molecule has 142 valence electrons. The van der Waals surface area contributed by atoms with Crippen LogP contribution in [0.15, 0.2) is 34.9 Å². The molecule has 1 heterocycles. The number of nitrogens with one attached hydrogen (secondary N) is 1. The molecule has 2 rings (SSSR count). The van der Waals surface area contributed by atoms with Crippen molar-refractivity contribution in [3.05, 3.63) is 30.0 Å². The highest BCUT2D eigenvalue weighted by molar-refractivity contribution is 7.90. The molecule has 1 N–H and O–H groups in total. The number of hydrogen-bond acceptors (Lipinski definition) is 8. The number of esters is 2. The first-order valence-electron chi connectivity index (χ1n) is 8.00. The highest BCUT2D eigenvalue weighted by Gasteiger charge is 2.22. The van der Waals surface area contributed by atoms with E-state index in [1.807, 2.05) is 4.90 Å². The van der Waals surface area contributed by atoms with Crippen LogP contribution in [0.5, 0.6) is 0 Å². The van der Waals surface area contributed by atoms with Crippen LogP contribution < -0.4 is 10.2 Å². The van der Waals surface area contributed by atoms with Gasteiger partial charge < -0.3 is 19.7 Å². The zero-order valence-corrected chi connectivity index (χ0v) is 15.8. The van der Waals surface area contributed by atoms with E-state index in [0.717, 1.165) is 38.3 Å². The Balaban J connectivity index is 2.43. The molecule has 0 saturated carbocycles. The van der Waals surface area contributed by atoms with Crippen molar-refractivity contribution in [2.75, 3.05) is 43.8 Å². The lowest BCUT2D eigenvalue weighted by molar-refractivity contribution is -0.138. The van der Waals surface area contributed by atoms with Gasteiger partial charge in [0.05, 0.1) is 30.9 Å². The van der Waals surface area contributed by atoms with Gasteiger partial charge in [-0.05, 0) is 31.0 Å². The van der Waals surface area contributed by atoms with Crippen LogP contribution in [0.4, 0.5) is 11.4 Å². The van der Waals surface area contributed by atoms with Crippen molar-refractivity contribution in [3.63, 3.8) is 0 Å². The minimum Gasteiger partial charge on any atom is -0.466 e. The first kappa shape index (κ1) is 19.8. The van der Waals surface area contributed by atoms with Gasteiger partial charge in [0.15, 0.2) is 9.84 Å². The van der Waals surface area contributed by atoms with Gasteiger partial charge in [0.2, 0.25) is 0 Å². The topological polar surface area (TPSA) is 102 Å². The molecule has 8 nitrogen and oxygen atoms in total. The molecular weight excluding hydrogens is 360 g/mol. The van der Waals surface area contributed by atoms with Crippen molar-refractivity contribution < 1.29 is 27.5 Å². The summed E-state index contributed by atoms with van der Waals surface area (Å²) in [5, 5.41) is 2.80. The Morgan fingerprint density at radius 3 is 2.35 bits per heavy atom. The lowest BCUT2D eigenvalue weighted by Crippen LogP contribution is -2.21. The van der Waals surface area contributed by atoms with Crippen LogP contribution in [0.1, 0.15) is 12.8 Å². The monoisotopic (exact) mass is 382 g/mol. The minimum atomic E-state index is -3.41. The van der Waals surface area contributed by atoms with E-state index >= 15 is 0 Å². The van der Waals surface area contributed by atoms with Crippen molar-refractivity contribution in [3.8, 4) is 0 Å². The number of rotatable bonds is 6. The molecule has 0 atom stereocenters. The molecule has 0 unspecified atom stereocenters. The lowest BCUT2D eigenvalue weighted by atomic mass is 10.2. The Morgan fingerprint density at radius 1 is 1.15 bits per heavy atom. The normalized spacial score (nSPS) is 14.9. The largest absolute Gasteiger partial charge is 0.466 e. The predicted molar refractivity (Wildman–Crippen MR) is 96.7 cm³/mol. The number of anilines is 2. The van der Waals surface area contributed by atoms with Crippen LogP contribution in [0.2, 0.25) is 0 Å². The Labute approximate surface area is 152 Å². The maximum absolute atomic E-state index is 12.1. The average Bonchev–Trinajstić information content (AvgIpc) is 3.13. The number of benzene rings is 1. The van der Waals surface area contributed by atoms with Crippen molar-refractivity contribution >= 4 is 33.2 Å². The van der Waals surface area contributed by atoms with Gasteiger partial charge in [-0.25, -0.2) is 18.0 Å². The van der Waals surface area contributed by atoms with E-state index in [4.69, 9.17) is 0 Å². The first-order valence-corrected chi connectivity index (χ1v) is 9.89. The summed E-state index contributed by atoms with van der Waals surface area (Å²) >= 11 is 0. The fourth-order valence-corrected chi connectivity index (χ4v) is 3.59. The third-order valence-corrected chi connectivity index (χ3v) is 5.10. The maximum Gasteiger partial charge on any atom is 0.354 e. The third kappa shape index (κ3) is 4.75. The summed E-state index contributed by atoms with van der Waals surface area (Å²) in [6.45, 7) is 1.52. The smallest absolute Gasteiger partial charge is 0.354 e. The molecule has 9 heteroatoms. The lowest BCUT2D eigenvalue weighted by Gasteiger charge is -2.22. The number of nitrogens with zero attached hydrogens (tertiary/aromatic N) is 1. The molecule has 0 amide bonds. The van der Waals surface area contributed by atoms with Crippen molar-refractivity contribution in [1.29, 1.82) is 0 Å². The summed E-state index contributed by atoms with van der Waals surface area (Å²) < 4.78 is 33.4. The van der Waals surface area contributed by atoms with Gasteiger partial charge in [0.25, 0.3) is 0 Å². The molecule has 0 bridgehead atoms. The number of methoxy groups -OCH3 is 2.